The molecule has 1 heterocycles. The van der Waals surface area contributed by atoms with Gasteiger partial charge < -0.3 is 19.4 Å². The summed E-state index contributed by atoms with van der Waals surface area (Å²) in [5.74, 6) is 0.227. The average molecular weight is 334 g/mol. The Balaban J connectivity index is 2.11. The van der Waals surface area contributed by atoms with Gasteiger partial charge in [0, 0.05) is 23.3 Å². The third-order valence-electron chi connectivity index (χ3n) is 3.29. The fraction of sp³-hybridized carbons (Fsp3) is 0.412. The molecule has 0 aliphatic heterocycles. The maximum absolute atomic E-state index is 10.6. The molecule has 0 aliphatic carbocycles. The van der Waals surface area contributed by atoms with E-state index in [1.54, 1.807) is 12.5 Å². The van der Waals surface area contributed by atoms with Crippen LogP contribution < -0.4 is 14.6 Å². The number of aromatic nitrogens is 1. The van der Waals surface area contributed by atoms with Crippen LogP contribution in [0.4, 0.5) is 0 Å². The summed E-state index contributed by atoms with van der Waals surface area (Å²) in [7, 11) is 1.60. The molecule has 0 unspecified atom stereocenters. The van der Waals surface area contributed by atoms with Crippen molar-refractivity contribution in [3.8, 4) is 22.1 Å². The van der Waals surface area contributed by atoms with Crippen LogP contribution in [0.25, 0.3) is 10.6 Å². The van der Waals surface area contributed by atoms with Crippen LogP contribution in [0, 0.1) is 0 Å². The Morgan fingerprint density at radius 2 is 2.13 bits per heavy atom. The average Bonchev–Trinajstić information content (AvgIpc) is 2.99. The normalized spacial score (nSPS) is 10.5. The molecule has 2 rings (SSSR count). The number of ether oxygens (including phenoxy) is 2. The fourth-order valence-corrected chi connectivity index (χ4v) is 2.94. The van der Waals surface area contributed by atoms with E-state index in [4.69, 9.17) is 9.47 Å². The molecule has 0 spiro atoms. The number of unbranched alkanes of at least 4 members (excludes halogenated alkanes) is 2. The molecule has 5 nitrogen and oxygen atoms in total. The van der Waals surface area contributed by atoms with Crippen LogP contribution in [0.1, 0.15) is 31.9 Å². The van der Waals surface area contributed by atoms with Gasteiger partial charge in [0.1, 0.15) is 5.01 Å². The molecule has 0 atom stereocenters. The monoisotopic (exact) mass is 334 g/mol. The number of carbonyl (C=O) groups is 1. The molecule has 6 heteroatoms. The first kappa shape index (κ1) is 17.3. The molecule has 0 fully saturated rings. The third-order valence-corrected chi connectivity index (χ3v) is 4.23. The molecule has 0 bridgehead atoms. The Kier molecular flexibility index (Phi) is 6.40. The highest BCUT2D eigenvalue weighted by Crippen LogP contribution is 2.34. The maximum Gasteiger partial charge on any atom is 0.161 e. The van der Waals surface area contributed by atoms with Gasteiger partial charge in [-0.05, 0) is 24.6 Å². The zero-order valence-electron chi connectivity index (χ0n) is 13.3. The predicted molar refractivity (Wildman–Crippen MR) is 87.8 cm³/mol. The lowest BCUT2D eigenvalue weighted by atomic mass is 10.2. The second kappa shape index (κ2) is 8.53. The van der Waals surface area contributed by atoms with Crippen molar-refractivity contribution in [1.29, 1.82) is 0 Å². The zero-order valence-corrected chi connectivity index (χ0v) is 14.1. The van der Waals surface area contributed by atoms with Crippen molar-refractivity contribution in [2.45, 2.75) is 32.6 Å². The first-order chi connectivity index (χ1) is 11.1. The van der Waals surface area contributed by atoms with E-state index in [0.717, 1.165) is 29.8 Å². The number of thiazole rings is 1. The van der Waals surface area contributed by atoms with Crippen LogP contribution in [0.5, 0.6) is 11.5 Å². The number of carboxylic acids is 1. The summed E-state index contributed by atoms with van der Waals surface area (Å²) < 4.78 is 11.1. The third kappa shape index (κ3) is 4.96. The first-order valence-electron chi connectivity index (χ1n) is 7.59. The van der Waals surface area contributed by atoms with Gasteiger partial charge in [0.05, 0.1) is 19.4 Å². The molecule has 0 amide bonds. The number of carbonyl (C=O) groups excluding carboxylic acids is 1. The van der Waals surface area contributed by atoms with Crippen molar-refractivity contribution in [3.63, 3.8) is 0 Å². The van der Waals surface area contributed by atoms with Crippen LogP contribution in [-0.4, -0.2) is 24.7 Å². The highest BCUT2D eigenvalue weighted by atomic mass is 32.1. The van der Waals surface area contributed by atoms with Crippen LogP contribution in [0.15, 0.2) is 23.6 Å². The van der Waals surface area contributed by atoms with Crippen LogP contribution in [0.2, 0.25) is 0 Å². The fourth-order valence-electron chi connectivity index (χ4n) is 2.12. The number of nitrogens with zero attached hydrogens (tertiary/aromatic N) is 1. The summed E-state index contributed by atoms with van der Waals surface area (Å²) in [5, 5.41) is 13.1. The van der Waals surface area contributed by atoms with E-state index in [1.165, 1.54) is 11.3 Å². The van der Waals surface area contributed by atoms with E-state index in [1.807, 2.05) is 18.2 Å². The topological polar surface area (TPSA) is 71.5 Å². The van der Waals surface area contributed by atoms with Gasteiger partial charge in [-0.25, -0.2) is 4.98 Å². The number of methoxy groups -OCH3 is 1. The van der Waals surface area contributed by atoms with Crippen molar-refractivity contribution in [2.75, 3.05) is 13.7 Å². The summed E-state index contributed by atoms with van der Waals surface area (Å²) in [6.45, 7) is 2.81. The van der Waals surface area contributed by atoms with E-state index >= 15 is 0 Å². The Hall–Kier alpha value is -2.08. The van der Waals surface area contributed by atoms with Crippen molar-refractivity contribution < 1.29 is 19.4 Å². The number of aliphatic carboxylic acids is 1. The molecule has 0 aliphatic rings. The molecule has 0 radical (unpaired) electrons. The van der Waals surface area contributed by atoms with Gasteiger partial charge in [-0.3, -0.25) is 0 Å². The number of carboxylic acid groups (broad SMARTS) is 1. The standard InChI is InChI=1S/C17H21NO4S/c1-3-4-5-8-22-14-7-6-12(9-15(14)21-2)17-18-13(11-23-17)10-16(19)20/h6-7,9,11H,3-5,8,10H2,1-2H3,(H,19,20)/p-1. The van der Waals surface area contributed by atoms with Gasteiger partial charge in [0.2, 0.25) is 0 Å². The lowest BCUT2D eigenvalue weighted by Gasteiger charge is -2.11. The van der Waals surface area contributed by atoms with E-state index in [2.05, 4.69) is 11.9 Å². The largest absolute Gasteiger partial charge is 0.550 e. The summed E-state index contributed by atoms with van der Waals surface area (Å²) in [6, 6.07) is 5.62. The van der Waals surface area contributed by atoms with Gasteiger partial charge in [-0.2, -0.15) is 0 Å². The Morgan fingerprint density at radius 1 is 1.30 bits per heavy atom. The number of benzene rings is 1. The molecule has 0 N–H and O–H groups in total. The summed E-state index contributed by atoms with van der Waals surface area (Å²) in [5.41, 5.74) is 1.38. The Bertz CT molecular complexity index is 654. The molecule has 0 saturated heterocycles. The van der Waals surface area contributed by atoms with Gasteiger partial charge in [0.15, 0.2) is 11.5 Å². The lowest BCUT2D eigenvalue weighted by molar-refractivity contribution is -0.304. The minimum atomic E-state index is -1.13. The van der Waals surface area contributed by atoms with E-state index < -0.39 is 5.97 Å². The number of hydrogen-bond donors (Lipinski definition) is 0. The highest BCUT2D eigenvalue weighted by molar-refractivity contribution is 7.13. The van der Waals surface area contributed by atoms with Crippen molar-refractivity contribution in [2.24, 2.45) is 0 Å². The van der Waals surface area contributed by atoms with Gasteiger partial charge in [-0.15, -0.1) is 11.3 Å². The molecule has 23 heavy (non-hydrogen) atoms. The van der Waals surface area contributed by atoms with Gasteiger partial charge in [-0.1, -0.05) is 19.8 Å². The molecule has 124 valence electrons. The van der Waals surface area contributed by atoms with E-state index in [0.29, 0.717) is 23.8 Å². The summed E-state index contributed by atoms with van der Waals surface area (Å²) >= 11 is 1.40. The second-order valence-corrected chi connectivity index (χ2v) is 5.97. The number of hydrogen-bond acceptors (Lipinski definition) is 6. The predicted octanol–water partition coefficient (Wildman–Crippen LogP) is 2.68. The molecular weight excluding hydrogens is 314 g/mol. The minimum Gasteiger partial charge on any atom is -0.550 e. The van der Waals surface area contributed by atoms with Gasteiger partial charge in [0.25, 0.3) is 0 Å². The lowest BCUT2D eigenvalue weighted by Crippen LogP contribution is -2.24. The first-order valence-corrected chi connectivity index (χ1v) is 8.47. The molecular formula is C17H20NO4S-. The SMILES string of the molecule is CCCCCOc1ccc(-c2nc(CC(=O)[O-])cs2)cc1OC. The molecule has 1 aromatic heterocycles. The van der Waals surface area contributed by atoms with Crippen molar-refractivity contribution >= 4 is 17.3 Å². The van der Waals surface area contributed by atoms with Crippen LogP contribution in [0.3, 0.4) is 0 Å². The maximum atomic E-state index is 10.6. The van der Waals surface area contributed by atoms with Crippen molar-refractivity contribution in [1.82, 2.24) is 4.98 Å². The Labute approximate surface area is 139 Å². The molecule has 1 aromatic carbocycles. The van der Waals surface area contributed by atoms with E-state index in [-0.39, 0.29) is 6.42 Å². The van der Waals surface area contributed by atoms with Crippen LogP contribution in [-0.2, 0) is 11.2 Å². The second-order valence-electron chi connectivity index (χ2n) is 5.11. The highest BCUT2D eigenvalue weighted by Gasteiger charge is 2.10. The summed E-state index contributed by atoms with van der Waals surface area (Å²) in [6.07, 6.45) is 3.13. The van der Waals surface area contributed by atoms with E-state index in [9.17, 15) is 9.90 Å². The minimum absolute atomic E-state index is 0.174. The van der Waals surface area contributed by atoms with Crippen molar-refractivity contribution in [3.05, 3.63) is 29.3 Å². The van der Waals surface area contributed by atoms with Crippen LogP contribution >= 0.6 is 11.3 Å². The summed E-state index contributed by atoms with van der Waals surface area (Å²) in [4.78, 5) is 14.9. The number of rotatable bonds is 9. The quantitative estimate of drug-likeness (QED) is 0.659. The smallest absolute Gasteiger partial charge is 0.161 e. The molecule has 0 saturated carbocycles. The zero-order chi connectivity index (χ0) is 16.7. The molecule has 2 aromatic rings. The van der Waals surface area contributed by atoms with Gasteiger partial charge >= 0.3 is 0 Å². The Morgan fingerprint density at radius 3 is 2.83 bits per heavy atom.